The van der Waals surface area contributed by atoms with E-state index in [2.05, 4.69) is 33.6 Å². The first-order valence-electron chi connectivity index (χ1n) is 5.41. The smallest absolute Gasteiger partial charge is 0.318 e. The minimum absolute atomic E-state index is 0.442. The van der Waals surface area contributed by atoms with Gasteiger partial charge in [-0.2, -0.15) is 11.8 Å². The van der Waals surface area contributed by atoms with Gasteiger partial charge in [0.2, 0.25) is 5.89 Å². The van der Waals surface area contributed by atoms with E-state index in [0.717, 1.165) is 12.2 Å². The number of thioether (sulfide) groups is 1. The van der Waals surface area contributed by atoms with Crippen molar-refractivity contribution in [3.05, 3.63) is 5.89 Å². The van der Waals surface area contributed by atoms with Crippen LogP contribution in [0.4, 0.5) is 6.01 Å². The van der Waals surface area contributed by atoms with Gasteiger partial charge in [0.05, 0.1) is 6.54 Å². The molecule has 5 nitrogen and oxygen atoms in total. The van der Waals surface area contributed by atoms with E-state index in [-0.39, 0.29) is 0 Å². The summed E-state index contributed by atoms with van der Waals surface area (Å²) in [5.74, 6) is 1.69. The van der Waals surface area contributed by atoms with Gasteiger partial charge in [-0.05, 0) is 19.7 Å². The summed E-state index contributed by atoms with van der Waals surface area (Å²) in [7, 11) is 3.86. The number of hydrogen-bond acceptors (Lipinski definition) is 6. The molecule has 0 amide bonds. The summed E-state index contributed by atoms with van der Waals surface area (Å²) in [6.45, 7) is 2.78. The van der Waals surface area contributed by atoms with Crippen LogP contribution < -0.4 is 10.2 Å². The van der Waals surface area contributed by atoms with Crippen molar-refractivity contribution in [1.29, 1.82) is 0 Å². The number of hydrogen-bond donors (Lipinski definition) is 1. The number of anilines is 1. The first-order valence-corrected chi connectivity index (χ1v) is 6.81. The first kappa shape index (κ1) is 13.3. The Morgan fingerprint density at radius 1 is 1.50 bits per heavy atom. The molecule has 0 saturated carbocycles. The molecule has 1 aromatic rings. The predicted octanol–water partition coefficient (Wildman–Crippen LogP) is 1.37. The van der Waals surface area contributed by atoms with Crippen LogP contribution in [0.1, 0.15) is 19.2 Å². The fourth-order valence-corrected chi connectivity index (χ4v) is 2.31. The molecule has 1 atom stereocenters. The highest BCUT2D eigenvalue weighted by Crippen LogP contribution is 2.17. The van der Waals surface area contributed by atoms with Crippen LogP contribution in [-0.2, 0) is 6.54 Å². The molecule has 0 spiro atoms. The second-order valence-electron chi connectivity index (χ2n) is 3.64. The quantitative estimate of drug-likeness (QED) is 0.782. The zero-order valence-electron chi connectivity index (χ0n) is 10.4. The van der Waals surface area contributed by atoms with E-state index in [1.54, 1.807) is 0 Å². The van der Waals surface area contributed by atoms with Crippen molar-refractivity contribution in [1.82, 2.24) is 15.5 Å². The van der Waals surface area contributed by atoms with Gasteiger partial charge in [0.15, 0.2) is 0 Å². The number of aromatic nitrogens is 2. The Bertz CT molecular complexity index is 305. The van der Waals surface area contributed by atoms with Gasteiger partial charge in [-0.25, -0.2) is 0 Å². The highest BCUT2D eigenvalue weighted by molar-refractivity contribution is 7.98. The molecule has 0 aliphatic carbocycles. The van der Waals surface area contributed by atoms with Gasteiger partial charge in [-0.3, -0.25) is 0 Å². The summed E-state index contributed by atoms with van der Waals surface area (Å²) in [6.07, 6.45) is 3.18. The van der Waals surface area contributed by atoms with Gasteiger partial charge >= 0.3 is 6.01 Å². The molecule has 0 bridgehead atoms. The number of rotatable bonds is 7. The van der Waals surface area contributed by atoms with Crippen molar-refractivity contribution in [2.45, 2.75) is 25.9 Å². The molecule has 1 heterocycles. The molecular weight excluding hydrogens is 224 g/mol. The Balaban J connectivity index is 2.66. The highest BCUT2D eigenvalue weighted by Gasteiger charge is 2.17. The third kappa shape index (κ3) is 3.38. The van der Waals surface area contributed by atoms with Gasteiger partial charge in [-0.1, -0.05) is 12.0 Å². The lowest BCUT2D eigenvalue weighted by Gasteiger charge is -2.24. The highest BCUT2D eigenvalue weighted by atomic mass is 32.2. The molecule has 92 valence electrons. The van der Waals surface area contributed by atoms with Crippen LogP contribution in [0, 0.1) is 0 Å². The monoisotopic (exact) mass is 244 g/mol. The Morgan fingerprint density at radius 2 is 2.25 bits per heavy atom. The average molecular weight is 244 g/mol. The average Bonchev–Trinajstić information content (AvgIpc) is 2.74. The molecule has 16 heavy (non-hydrogen) atoms. The van der Waals surface area contributed by atoms with E-state index in [4.69, 9.17) is 4.42 Å². The third-order valence-electron chi connectivity index (χ3n) is 2.46. The standard InChI is InChI=1S/C10H20N4OS/c1-5-8(7-16-4)14(3)10-13-12-9(15-10)6-11-2/h8,11H,5-7H2,1-4H3. The first-order chi connectivity index (χ1) is 7.72. The molecule has 6 heteroatoms. The molecule has 1 aromatic heterocycles. The van der Waals surface area contributed by atoms with Crippen LogP contribution in [0.15, 0.2) is 4.42 Å². The topological polar surface area (TPSA) is 54.2 Å². The SMILES string of the molecule is CCC(CSC)N(C)c1nnc(CNC)o1. The van der Waals surface area contributed by atoms with Crippen LogP contribution in [0.3, 0.4) is 0 Å². The lowest BCUT2D eigenvalue weighted by atomic mass is 10.2. The van der Waals surface area contributed by atoms with Crippen LogP contribution >= 0.6 is 11.8 Å². The summed E-state index contributed by atoms with van der Waals surface area (Å²) in [5.41, 5.74) is 0. The molecule has 0 radical (unpaired) electrons. The Labute approximate surface area is 101 Å². The second-order valence-corrected chi connectivity index (χ2v) is 4.55. The fourth-order valence-electron chi connectivity index (χ4n) is 1.46. The van der Waals surface area contributed by atoms with Crippen LogP contribution in [0.2, 0.25) is 0 Å². The minimum Gasteiger partial charge on any atom is -0.407 e. The maximum absolute atomic E-state index is 5.55. The minimum atomic E-state index is 0.442. The van der Waals surface area contributed by atoms with Gasteiger partial charge in [-0.15, -0.1) is 5.10 Å². The molecule has 0 saturated heterocycles. The molecule has 0 aromatic carbocycles. The summed E-state index contributed by atoms with van der Waals surface area (Å²) < 4.78 is 5.55. The van der Waals surface area contributed by atoms with Crippen molar-refractivity contribution < 1.29 is 4.42 Å². The van der Waals surface area contributed by atoms with Gasteiger partial charge in [0.1, 0.15) is 0 Å². The van der Waals surface area contributed by atoms with Crippen LogP contribution in [-0.4, -0.2) is 42.3 Å². The number of nitrogens with one attached hydrogen (secondary N) is 1. The molecule has 1 rings (SSSR count). The third-order valence-corrected chi connectivity index (χ3v) is 3.18. The van der Waals surface area contributed by atoms with E-state index in [1.807, 2.05) is 25.9 Å². The van der Waals surface area contributed by atoms with E-state index < -0.39 is 0 Å². The molecule has 0 aliphatic heterocycles. The normalized spacial score (nSPS) is 12.8. The van der Waals surface area contributed by atoms with Gasteiger partial charge in [0.25, 0.3) is 0 Å². The second kappa shape index (κ2) is 6.75. The molecule has 1 N–H and O–H groups in total. The van der Waals surface area contributed by atoms with Crippen molar-refractivity contribution in [3.63, 3.8) is 0 Å². The fraction of sp³-hybridized carbons (Fsp3) is 0.800. The maximum atomic E-state index is 5.55. The lowest BCUT2D eigenvalue weighted by molar-refractivity contribution is 0.464. The molecule has 1 unspecified atom stereocenters. The molecule has 0 fully saturated rings. The van der Waals surface area contributed by atoms with Crippen molar-refractivity contribution >= 4 is 17.8 Å². The lowest BCUT2D eigenvalue weighted by Crippen LogP contribution is -2.33. The van der Waals surface area contributed by atoms with Crippen molar-refractivity contribution in [2.24, 2.45) is 0 Å². The van der Waals surface area contributed by atoms with Crippen LogP contribution in [0.25, 0.3) is 0 Å². The largest absolute Gasteiger partial charge is 0.407 e. The summed E-state index contributed by atoms with van der Waals surface area (Å²) in [4.78, 5) is 2.06. The molecular formula is C10H20N4OS. The van der Waals surface area contributed by atoms with Crippen molar-refractivity contribution in [3.8, 4) is 0 Å². The summed E-state index contributed by atoms with van der Waals surface area (Å²) >= 11 is 1.83. The summed E-state index contributed by atoms with van der Waals surface area (Å²) in [5, 5.41) is 11.0. The van der Waals surface area contributed by atoms with Crippen molar-refractivity contribution in [2.75, 3.05) is 31.0 Å². The van der Waals surface area contributed by atoms with E-state index >= 15 is 0 Å². The Kier molecular flexibility index (Phi) is 5.62. The van der Waals surface area contributed by atoms with E-state index in [1.165, 1.54) is 0 Å². The zero-order valence-corrected chi connectivity index (χ0v) is 11.2. The molecule has 0 aliphatic rings. The van der Waals surface area contributed by atoms with Gasteiger partial charge in [0, 0.05) is 18.8 Å². The van der Waals surface area contributed by atoms with E-state index in [0.29, 0.717) is 24.5 Å². The van der Waals surface area contributed by atoms with E-state index in [9.17, 15) is 0 Å². The Hall–Kier alpha value is -0.750. The predicted molar refractivity (Wildman–Crippen MR) is 67.9 cm³/mol. The Morgan fingerprint density at radius 3 is 2.81 bits per heavy atom. The number of nitrogens with zero attached hydrogens (tertiary/aromatic N) is 3. The maximum Gasteiger partial charge on any atom is 0.318 e. The summed E-state index contributed by atoms with van der Waals surface area (Å²) in [6, 6.07) is 1.05. The van der Waals surface area contributed by atoms with Gasteiger partial charge < -0.3 is 14.6 Å². The zero-order chi connectivity index (χ0) is 12.0. The van der Waals surface area contributed by atoms with Crippen LogP contribution in [0.5, 0.6) is 0 Å².